The molecule has 0 atom stereocenters. The minimum absolute atomic E-state index is 0.155. The van der Waals surface area contributed by atoms with Gasteiger partial charge < -0.3 is 9.64 Å². The molecule has 2 aromatic carbocycles. The van der Waals surface area contributed by atoms with Crippen molar-refractivity contribution < 1.29 is 9.53 Å². The van der Waals surface area contributed by atoms with Crippen LogP contribution in [-0.4, -0.2) is 37.1 Å². The summed E-state index contributed by atoms with van der Waals surface area (Å²) >= 11 is 0. The fourth-order valence-corrected chi connectivity index (χ4v) is 2.39. The van der Waals surface area contributed by atoms with E-state index in [4.69, 9.17) is 4.74 Å². The van der Waals surface area contributed by atoms with E-state index in [9.17, 15) is 4.79 Å². The standard InChI is InChI=1S/C18H23NO2/c1-3-19(4-2)11-12-21-18(20)14-15-9-10-16-7-5-6-8-17(16)13-15/h5-10,13H,3-4,11-12,14H2,1-2H3. The van der Waals surface area contributed by atoms with E-state index < -0.39 is 0 Å². The van der Waals surface area contributed by atoms with E-state index in [1.807, 2.05) is 24.3 Å². The fourth-order valence-electron chi connectivity index (χ4n) is 2.39. The van der Waals surface area contributed by atoms with Gasteiger partial charge in [0.15, 0.2) is 0 Å². The summed E-state index contributed by atoms with van der Waals surface area (Å²) < 4.78 is 5.31. The molecule has 0 aliphatic carbocycles. The highest BCUT2D eigenvalue weighted by Crippen LogP contribution is 2.16. The molecule has 2 rings (SSSR count). The van der Waals surface area contributed by atoms with Crippen LogP contribution in [0, 0.1) is 0 Å². The highest BCUT2D eigenvalue weighted by molar-refractivity contribution is 5.84. The molecule has 3 heteroatoms. The van der Waals surface area contributed by atoms with Crippen molar-refractivity contribution in [2.45, 2.75) is 20.3 Å². The molecule has 0 aliphatic rings. The molecule has 0 aromatic heterocycles. The third-order valence-electron chi connectivity index (χ3n) is 3.73. The van der Waals surface area contributed by atoms with E-state index >= 15 is 0 Å². The SMILES string of the molecule is CCN(CC)CCOC(=O)Cc1ccc2ccccc2c1. The van der Waals surface area contributed by atoms with E-state index in [1.54, 1.807) is 0 Å². The Morgan fingerprint density at radius 3 is 2.48 bits per heavy atom. The van der Waals surface area contributed by atoms with E-state index in [-0.39, 0.29) is 5.97 Å². The number of likely N-dealkylation sites (N-methyl/N-ethyl adjacent to an activating group) is 1. The van der Waals surface area contributed by atoms with Gasteiger partial charge in [0, 0.05) is 6.54 Å². The fraction of sp³-hybridized carbons (Fsp3) is 0.389. The predicted octanol–water partition coefficient (Wildman–Crippen LogP) is 3.27. The van der Waals surface area contributed by atoms with Crippen LogP contribution in [0.25, 0.3) is 10.8 Å². The van der Waals surface area contributed by atoms with Crippen LogP contribution in [0.5, 0.6) is 0 Å². The van der Waals surface area contributed by atoms with E-state index in [2.05, 4.69) is 36.9 Å². The lowest BCUT2D eigenvalue weighted by atomic mass is 10.1. The second-order valence-corrected chi connectivity index (χ2v) is 5.11. The zero-order valence-corrected chi connectivity index (χ0v) is 12.8. The molecule has 0 amide bonds. The van der Waals surface area contributed by atoms with Gasteiger partial charge in [0.25, 0.3) is 0 Å². The van der Waals surface area contributed by atoms with E-state index in [0.717, 1.165) is 30.6 Å². The lowest BCUT2D eigenvalue weighted by molar-refractivity contribution is -0.143. The maximum absolute atomic E-state index is 11.9. The number of benzene rings is 2. The smallest absolute Gasteiger partial charge is 0.310 e. The average molecular weight is 285 g/mol. The maximum Gasteiger partial charge on any atom is 0.310 e. The summed E-state index contributed by atoms with van der Waals surface area (Å²) in [5.41, 5.74) is 1.00. The molecular formula is C18H23NO2. The monoisotopic (exact) mass is 285 g/mol. The summed E-state index contributed by atoms with van der Waals surface area (Å²) in [6.45, 7) is 7.46. The van der Waals surface area contributed by atoms with Crippen molar-refractivity contribution in [3.8, 4) is 0 Å². The molecule has 0 spiro atoms. The number of carbonyl (C=O) groups excluding carboxylic acids is 1. The van der Waals surface area contributed by atoms with Crippen LogP contribution in [0.1, 0.15) is 19.4 Å². The molecule has 0 radical (unpaired) electrons. The first-order valence-electron chi connectivity index (χ1n) is 7.58. The zero-order chi connectivity index (χ0) is 15.1. The largest absolute Gasteiger partial charge is 0.464 e. The summed E-state index contributed by atoms with van der Waals surface area (Å²) in [5, 5.41) is 2.35. The van der Waals surface area contributed by atoms with Crippen LogP contribution < -0.4 is 0 Å². The molecule has 3 nitrogen and oxygen atoms in total. The highest BCUT2D eigenvalue weighted by atomic mass is 16.5. The number of esters is 1. The van der Waals surface area contributed by atoms with Crippen molar-refractivity contribution in [1.29, 1.82) is 0 Å². The van der Waals surface area contributed by atoms with Crippen molar-refractivity contribution in [3.63, 3.8) is 0 Å². The Morgan fingerprint density at radius 2 is 1.76 bits per heavy atom. The molecular weight excluding hydrogens is 262 g/mol. The Kier molecular flexibility index (Phi) is 5.76. The molecule has 2 aromatic rings. The van der Waals surface area contributed by atoms with Gasteiger partial charge >= 0.3 is 5.97 Å². The summed E-state index contributed by atoms with van der Waals surface area (Å²) in [4.78, 5) is 14.1. The zero-order valence-electron chi connectivity index (χ0n) is 12.8. The van der Waals surface area contributed by atoms with E-state index in [0.29, 0.717) is 13.0 Å². The lowest BCUT2D eigenvalue weighted by Crippen LogP contribution is -2.28. The van der Waals surface area contributed by atoms with Crippen LogP contribution in [0.4, 0.5) is 0 Å². The second-order valence-electron chi connectivity index (χ2n) is 5.11. The Bertz CT molecular complexity index is 591. The van der Waals surface area contributed by atoms with Gasteiger partial charge in [-0.2, -0.15) is 0 Å². The van der Waals surface area contributed by atoms with Gasteiger partial charge in [-0.1, -0.05) is 56.3 Å². The highest BCUT2D eigenvalue weighted by Gasteiger charge is 2.06. The van der Waals surface area contributed by atoms with Gasteiger partial charge in [0.05, 0.1) is 6.42 Å². The Hall–Kier alpha value is -1.87. The second kappa shape index (κ2) is 7.79. The Balaban J connectivity index is 1.86. The normalized spacial score (nSPS) is 11.0. The Labute approximate surface area is 126 Å². The number of carbonyl (C=O) groups is 1. The number of rotatable bonds is 7. The van der Waals surface area contributed by atoms with Gasteiger partial charge in [0.2, 0.25) is 0 Å². The third-order valence-corrected chi connectivity index (χ3v) is 3.73. The quantitative estimate of drug-likeness (QED) is 0.731. The van der Waals surface area contributed by atoms with Gasteiger partial charge in [0.1, 0.15) is 6.61 Å². The molecule has 0 fully saturated rings. The first kappa shape index (κ1) is 15.5. The van der Waals surface area contributed by atoms with Gasteiger partial charge in [-0.25, -0.2) is 0 Å². The van der Waals surface area contributed by atoms with Gasteiger partial charge in [-0.3, -0.25) is 4.79 Å². The van der Waals surface area contributed by atoms with Gasteiger partial charge in [-0.15, -0.1) is 0 Å². The minimum atomic E-state index is -0.155. The summed E-state index contributed by atoms with van der Waals surface area (Å²) in [6, 6.07) is 14.3. The molecule has 0 heterocycles. The van der Waals surface area contributed by atoms with Crippen molar-refractivity contribution in [2.75, 3.05) is 26.2 Å². The van der Waals surface area contributed by atoms with E-state index in [1.165, 1.54) is 5.39 Å². The molecule has 112 valence electrons. The molecule has 0 unspecified atom stereocenters. The first-order chi connectivity index (χ1) is 10.2. The van der Waals surface area contributed by atoms with Crippen LogP contribution in [0.2, 0.25) is 0 Å². The number of nitrogens with zero attached hydrogens (tertiary/aromatic N) is 1. The molecule has 0 bridgehead atoms. The minimum Gasteiger partial charge on any atom is -0.464 e. The molecule has 0 saturated heterocycles. The van der Waals surface area contributed by atoms with Gasteiger partial charge in [-0.05, 0) is 29.4 Å². The van der Waals surface area contributed by atoms with Crippen molar-refractivity contribution >= 4 is 16.7 Å². The van der Waals surface area contributed by atoms with Crippen molar-refractivity contribution in [2.24, 2.45) is 0 Å². The number of hydrogen-bond donors (Lipinski definition) is 0. The molecule has 0 aliphatic heterocycles. The average Bonchev–Trinajstić information content (AvgIpc) is 2.51. The molecule has 0 N–H and O–H groups in total. The van der Waals surface area contributed by atoms with Crippen LogP contribution >= 0.6 is 0 Å². The third kappa shape index (κ3) is 4.57. The molecule has 0 saturated carbocycles. The number of ether oxygens (including phenoxy) is 1. The lowest BCUT2D eigenvalue weighted by Gasteiger charge is -2.17. The summed E-state index contributed by atoms with van der Waals surface area (Å²) in [7, 11) is 0. The summed E-state index contributed by atoms with van der Waals surface area (Å²) in [6.07, 6.45) is 0.336. The number of fused-ring (bicyclic) bond motifs is 1. The first-order valence-corrected chi connectivity index (χ1v) is 7.58. The maximum atomic E-state index is 11.9. The van der Waals surface area contributed by atoms with Crippen molar-refractivity contribution in [3.05, 3.63) is 48.0 Å². The molecule has 21 heavy (non-hydrogen) atoms. The number of hydrogen-bond acceptors (Lipinski definition) is 3. The van der Waals surface area contributed by atoms with Crippen molar-refractivity contribution in [1.82, 2.24) is 4.90 Å². The Morgan fingerprint density at radius 1 is 1.05 bits per heavy atom. The van der Waals surface area contributed by atoms with Crippen LogP contribution in [-0.2, 0) is 16.0 Å². The predicted molar refractivity (Wildman–Crippen MR) is 86.4 cm³/mol. The van der Waals surface area contributed by atoms with Crippen LogP contribution in [0.3, 0.4) is 0 Å². The summed E-state index contributed by atoms with van der Waals surface area (Å²) in [5.74, 6) is -0.155. The topological polar surface area (TPSA) is 29.5 Å². The van der Waals surface area contributed by atoms with Crippen LogP contribution in [0.15, 0.2) is 42.5 Å².